The molecule has 1 saturated carbocycles. The van der Waals surface area contributed by atoms with E-state index in [2.05, 4.69) is 30.3 Å². The summed E-state index contributed by atoms with van der Waals surface area (Å²) >= 11 is 0. The average Bonchev–Trinajstić information content (AvgIpc) is 2.95. The maximum Gasteiger partial charge on any atom is 0.410 e. The largest absolute Gasteiger partial charge is 0.444 e. The average molecular weight is 287 g/mol. The van der Waals surface area contributed by atoms with Crippen LogP contribution in [0.25, 0.3) is 0 Å². The van der Waals surface area contributed by atoms with Crippen molar-refractivity contribution in [3.63, 3.8) is 0 Å². The van der Waals surface area contributed by atoms with E-state index in [1.165, 1.54) is 18.4 Å². The van der Waals surface area contributed by atoms with Crippen molar-refractivity contribution in [1.29, 1.82) is 0 Å². The summed E-state index contributed by atoms with van der Waals surface area (Å²) in [6.07, 6.45) is 2.26. The highest BCUT2D eigenvalue weighted by Crippen LogP contribution is 2.46. The van der Waals surface area contributed by atoms with Crippen LogP contribution in [0.5, 0.6) is 0 Å². The van der Waals surface area contributed by atoms with E-state index in [1.807, 2.05) is 25.7 Å². The third-order valence-electron chi connectivity index (χ3n) is 4.67. The highest BCUT2D eigenvalue weighted by Gasteiger charge is 2.43. The molecule has 3 atom stereocenters. The Morgan fingerprint density at radius 3 is 2.19 bits per heavy atom. The molecule has 3 nitrogen and oxygen atoms in total. The number of carbonyl (C=O) groups is 1. The monoisotopic (exact) mass is 287 g/mol. The van der Waals surface area contributed by atoms with Crippen molar-refractivity contribution < 1.29 is 9.53 Å². The van der Waals surface area contributed by atoms with Crippen LogP contribution in [0.15, 0.2) is 30.3 Å². The Morgan fingerprint density at radius 1 is 1.10 bits per heavy atom. The van der Waals surface area contributed by atoms with Gasteiger partial charge in [-0.15, -0.1) is 0 Å². The van der Waals surface area contributed by atoms with Gasteiger partial charge in [-0.2, -0.15) is 0 Å². The molecule has 3 heteroatoms. The van der Waals surface area contributed by atoms with E-state index in [4.69, 9.17) is 4.74 Å². The van der Waals surface area contributed by atoms with Crippen LogP contribution in [0.1, 0.15) is 45.1 Å². The quantitative estimate of drug-likeness (QED) is 0.780. The summed E-state index contributed by atoms with van der Waals surface area (Å²) in [6, 6.07) is 10.8. The molecule has 0 radical (unpaired) electrons. The van der Waals surface area contributed by atoms with Crippen LogP contribution in [0.3, 0.4) is 0 Å². The van der Waals surface area contributed by atoms with Crippen molar-refractivity contribution in [2.24, 2.45) is 11.8 Å². The van der Waals surface area contributed by atoms with Crippen LogP contribution < -0.4 is 0 Å². The van der Waals surface area contributed by atoms with Gasteiger partial charge in [-0.1, -0.05) is 30.3 Å². The van der Waals surface area contributed by atoms with Gasteiger partial charge in [0, 0.05) is 13.1 Å². The first-order valence-electron chi connectivity index (χ1n) is 7.95. The Balaban J connectivity index is 1.58. The van der Waals surface area contributed by atoms with Gasteiger partial charge in [-0.3, -0.25) is 0 Å². The molecule has 1 aromatic rings. The van der Waals surface area contributed by atoms with Gasteiger partial charge in [0.05, 0.1) is 0 Å². The highest BCUT2D eigenvalue weighted by molar-refractivity contribution is 5.68. The van der Waals surface area contributed by atoms with E-state index in [0.29, 0.717) is 17.8 Å². The third-order valence-corrected chi connectivity index (χ3v) is 4.67. The first kappa shape index (κ1) is 14.4. The van der Waals surface area contributed by atoms with Crippen molar-refractivity contribution in [3.8, 4) is 0 Å². The molecule has 3 rings (SSSR count). The molecule has 0 N–H and O–H groups in total. The van der Waals surface area contributed by atoms with Crippen LogP contribution >= 0.6 is 0 Å². The number of likely N-dealkylation sites (tertiary alicyclic amines) is 1. The molecular formula is C18H25NO2. The summed E-state index contributed by atoms with van der Waals surface area (Å²) in [4.78, 5) is 14.1. The molecule has 1 aromatic carbocycles. The zero-order valence-electron chi connectivity index (χ0n) is 13.2. The van der Waals surface area contributed by atoms with Crippen molar-refractivity contribution in [1.82, 2.24) is 4.90 Å². The minimum atomic E-state index is -0.401. The summed E-state index contributed by atoms with van der Waals surface area (Å²) in [5.74, 6) is 1.95. The number of ether oxygens (including phenoxy) is 1. The third kappa shape index (κ3) is 3.22. The van der Waals surface area contributed by atoms with E-state index >= 15 is 0 Å². The zero-order valence-corrected chi connectivity index (χ0v) is 13.2. The lowest BCUT2D eigenvalue weighted by Gasteiger charge is -2.25. The Kier molecular flexibility index (Phi) is 3.68. The molecule has 1 heterocycles. The molecule has 21 heavy (non-hydrogen) atoms. The summed E-state index contributed by atoms with van der Waals surface area (Å²) < 4.78 is 5.49. The lowest BCUT2D eigenvalue weighted by molar-refractivity contribution is 0.0279. The van der Waals surface area contributed by atoms with E-state index in [0.717, 1.165) is 13.1 Å². The number of hydrogen-bond donors (Lipinski definition) is 0. The predicted molar refractivity (Wildman–Crippen MR) is 83.2 cm³/mol. The van der Waals surface area contributed by atoms with Gasteiger partial charge in [0.2, 0.25) is 0 Å². The van der Waals surface area contributed by atoms with Gasteiger partial charge in [-0.05, 0) is 56.9 Å². The molecule has 2 fully saturated rings. The summed E-state index contributed by atoms with van der Waals surface area (Å²) in [6.45, 7) is 7.50. The van der Waals surface area contributed by atoms with Crippen LogP contribution in [-0.2, 0) is 4.74 Å². The molecule has 2 aliphatic rings. The van der Waals surface area contributed by atoms with E-state index in [-0.39, 0.29) is 6.09 Å². The molecule has 1 amide bonds. The Morgan fingerprint density at radius 2 is 1.67 bits per heavy atom. The number of rotatable bonds is 1. The standard InChI is InChI=1S/C18H25NO2/c1-18(2,3)21-17(20)19-11-15-9-14(10-16(15)12-19)13-7-5-4-6-8-13/h4-8,14-16H,9-12H2,1-3H3/t14?,15-,16+. The lowest BCUT2D eigenvalue weighted by Crippen LogP contribution is -2.36. The van der Waals surface area contributed by atoms with Crippen molar-refractivity contribution in [3.05, 3.63) is 35.9 Å². The smallest absolute Gasteiger partial charge is 0.410 e. The first-order chi connectivity index (χ1) is 9.92. The fourth-order valence-electron chi connectivity index (χ4n) is 3.77. The van der Waals surface area contributed by atoms with Crippen LogP contribution in [-0.4, -0.2) is 29.7 Å². The number of amides is 1. The SMILES string of the molecule is CC(C)(C)OC(=O)N1C[C@H]2CC(c3ccccc3)C[C@H]2C1. The number of nitrogens with zero attached hydrogens (tertiary/aromatic N) is 1. The summed E-state index contributed by atoms with van der Waals surface area (Å²) in [5.41, 5.74) is 1.05. The molecule has 0 bridgehead atoms. The van der Waals surface area contributed by atoms with Gasteiger partial charge in [0.15, 0.2) is 0 Å². The normalized spacial score (nSPS) is 28.5. The minimum absolute atomic E-state index is 0.145. The minimum Gasteiger partial charge on any atom is -0.444 e. The number of fused-ring (bicyclic) bond motifs is 1. The molecule has 1 aliphatic carbocycles. The molecule has 1 saturated heterocycles. The van der Waals surface area contributed by atoms with E-state index < -0.39 is 5.60 Å². The molecule has 1 unspecified atom stereocenters. The molecule has 114 valence electrons. The molecule has 0 aromatic heterocycles. The fraction of sp³-hybridized carbons (Fsp3) is 0.611. The molecule has 0 spiro atoms. The topological polar surface area (TPSA) is 29.5 Å². The number of carbonyl (C=O) groups excluding carboxylic acids is 1. The van der Waals surface area contributed by atoms with Gasteiger partial charge in [0.1, 0.15) is 5.60 Å². The fourth-order valence-corrected chi connectivity index (χ4v) is 3.77. The lowest BCUT2D eigenvalue weighted by atomic mass is 9.96. The van der Waals surface area contributed by atoms with Gasteiger partial charge in [-0.25, -0.2) is 4.79 Å². The molecule has 1 aliphatic heterocycles. The van der Waals surface area contributed by atoms with Crippen LogP contribution in [0, 0.1) is 11.8 Å². The van der Waals surface area contributed by atoms with E-state index in [9.17, 15) is 4.79 Å². The second-order valence-electron chi connectivity index (χ2n) is 7.48. The summed E-state index contributed by atoms with van der Waals surface area (Å²) in [7, 11) is 0. The maximum atomic E-state index is 12.1. The number of hydrogen-bond acceptors (Lipinski definition) is 2. The van der Waals surface area contributed by atoms with Gasteiger partial charge < -0.3 is 9.64 Å². The van der Waals surface area contributed by atoms with Gasteiger partial charge >= 0.3 is 6.09 Å². The van der Waals surface area contributed by atoms with Crippen molar-refractivity contribution in [2.75, 3.05) is 13.1 Å². The van der Waals surface area contributed by atoms with E-state index in [1.54, 1.807) is 0 Å². The second-order valence-corrected chi connectivity index (χ2v) is 7.48. The predicted octanol–water partition coefficient (Wildman–Crippen LogP) is 4.05. The van der Waals surface area contributed by atoms with Crippen molar-refractivity contribution >= 4 is 6.09 Å². The van der Waals surface area contributed by atoms with Crippen molar-refractivity contribution in [2.45, 2.75) is 45.1 Å². The van der Waals surface area contributed by atoms with Crippen LogP contribution in [0.4, 0.5) is 4.79 Å². The Bertz CT molecular complexity index is 492. The zero-order chi connectivity index (χ0) is 15.0. The van der Waals surface area contributed by atoms with Crippen LogP contribution in [0.2, 0.25) is 0 Å². The van der Waals surface area contributed by atoms with Gasteiger partial charge in [0.25, 0.3) is 0 Å². The maximum absolute atomic E-state index is 12.1. The summed E-state index contributed by atoms with van der Waals surface area (Å²) in [5, 5.41) is 0. The number of benzene rings is 1. The molecular weight excluding hydrogens is 262 g/mol. The first-order valence-corrected chi connectivity index (χ1v) is 7.95. The second kappa shape index (κ2) is 5.36. The highest BCUT2D eigenvalue weighted by atomic mass is 16.6. The Hall–Kier alpha value is -1.51. The Labute approximate surface area is 127 Å².